The lowest BCUT2D eigenvalue weighted by atomic mass is 9.92. The quantitative estimate of drug-likeness (QED) is 0.181. The minimum Gasteiger partial charge on any atom is -0.508 e. The Labute approximate surface area is 250 Å². The van der Waals surface area contributed by atoms with Crippen LogP contribution in [0.1, 0.15) is 70.4 Å². The Balaban J connectivity index is 1.34. The van der Waals surface area contributed by atoms with Gasteiger partial charge in [-0.3, -0.25) is 9.79 Å². The highest BCUT2D eigenvalue weighted by Crippen LogP contribution is 2.30. The SMILES string of the molecule is CCCCC(C=CC(=O)CCc1ccc(O)c(OCCc2ccc(O)cc2-c2ccc3c(c2)=CCN=3)c1)CCC(C)C. The Kier molecular flexibility index (Phi) is 11.4. The summed E-state index contributed by atoms with van der Waals surface area (Å²) in [7, 11) is 0. The van der Waals surface area contributed by atoms with Crippen LogP contribution in [0.5, 0.6) is 17.2 Å². The zero-order chi connectivity index (χ0) is 29.9. The summed E-state index contributed by atoms with van der Waals surface area (Å²) in [5.74, 6) is 1.98. The first-order valence-electron chi connectivity index (χ1n) is 15.4. The van der Waals surface area contributed by atoms with Crippen LogP contribution >= 0.6 is 0 Å². The maximum Gasteiger partial charge on any atom is 0.161 e. The fourth-order valence-corrected chi connectivity index (χ4v) is 5.37. The van der Waals surface area contributed by atoms with Crippen LogP contribution in [-0.2, 0) is 17.6 Å². The largest absolute Gasteiger partial charge is 0.508 e. The molecule has 42 heavy (non-hydrogen) atoms. The number of ketones is 1. The third-order valence-electron chi connectivity index (χ3n) is 7.92. The van der Waals surface area contributed by atoms with E-state index in [-0.39, 0.29) is 17.3 Å². The van der Waals surface area contributed by atoms with Crippen LogP contribution in [-0.4, -0.2) is 29.1 Å². The molecule has 0 amide bonds. The second-order valence-electron chi connectivity index (χ2n) is 11.8. The molecule has 2 N–H and O–H groups in total. The Bertz CT molecular complexity index is 1500. The number of unbranched alkanes of at least 4 members (excludes halogenated alkanes) is 1. The molecule has 0 spiro atoms. The van der Waals surface area contributed by atoms with Crippen LogP contribution in [0.25, 0.3) is 17.2 Å². The van der Waals surface area contributed by atoms with Gasteiger partial charge < -0.3 is 14.9 Å². The van der Waals surface area contributed by atoms with Crippen molar-refractivity contribution >= 4 is 11.9 Å². The molecule has 0 saturated carbocycles. The molecule has 0 saturated heterocycles. The normalized spacial score (nSPS) is 13.1. The zero-order valence-corrected chi connectivity index (χ0v) is 25.3. The van der Waals surface area contributed by atoms with Gasteiger partial charge >= 0.3 is 0 Å². The number of rotatable bonds is 16. The summed E-state index contributed by atoms with van der Waals surface area (Å²) in [5.41, 5.74) is 3.97. The van der Waals surface area contributed by atoms with Crippen molar-refractivity contribution in [1.29, 1.82) is 0 Å². The molecule has 0 aliphatic carbocycles. The number of carbonyl (C=O) groups excluding carboxylic acids is 1. The number of nitrogens with zero attached hydrogens (tertiary/aromatic N) is 1. The van der Waals surface area contributed by atoms with Crippen molar-refractivity contribution in [2.75, 3.05) is 13.2 Å². The average molecular weight is 568 g/mol. The molecule has 1 unspecified atom stereocenters. The predicted octanol–water partition coefficient (Wildman–Crippen LogP) is 7.10. The second kappa shape index (κ2) is 15.4. The van der Waals surface area contributed by atoms with Gasteiger partial charge in [-0.05, 0) is 101 Å². The Morgan fingerprint density at radius 2 is 1.86 bits per heavy atom. The summed E-state index contributed by atoms with van der Waals surface area (Å²) in [6.07, 6.45) is 13.4. The van der Waals surface area contributed by atoms with Crippen LogP contribution < -0.4 is 15.3 Å². The number of aromatic hydroxyl groups is 2. The third-order valence-corrected chi connectivity index (χ3v) is 7.92. The molecule has 0 aromatic heterocycles. The molecule has 5 heteroatoms. The smallest absolute Gasteiger partial charge is 0.161 e. The van der Waals surface area contributed by atoms with E-state index in [1.807, 2.05) is 30.3 Å². The molecule has 1 aliphatic rings. The van der Waals surface area contributed by atoms with Gasteiger partial charge in [-0.15, -0.1) is 0 Å². The number of hydrogen-bond acceptors (Lipinski definition) is 5. The van der Waals surface area contributed by atoms with E-state index in [2.05, 4.69) is 44.0 Å². The number of fused-ring (bicyclic) bond motifs is 1. The Morgan fingerprint density at radius 1 is 1.00 bits per heavy atom. The molecule has 0 fully saturated rings. The lowest BCUT2D eigenvalue weighted by Gasteiger charge is -2.14. The standard InChI is InChI=1S/C37H45NO4/c1-4-5-6-27(8-7-26(2)3)9-14-32(39)15-10-28-11-18-36(41)37(23-28)42-22-20-29-12-16-33(40)25-34(29)30-13-17-35-31(24-30)19-21-38-35/h9,11-14,16-19,23-27,40-41H,4-8,10,15,20-22H2,1-3H3. The monoisotopic (exact) mass is 567 g/mol. The molecular formula is C37H45NO4. The molecular weight excluding hydrogens is 522 g/mol. The van der Waals surface area contributed by atoms with Crippen molar-refractivity contribution in [3.05, 3.63) is 88.5 Å². The second-order valence-corrected chi connectivity index (χ2v) is 11.8. The third kappa shape index (κ3) is 9.07. The van der Waals surface area contributed by atoms with Crippen molar-refractivity contribution in [2.24, 2.45) is 16.8 Å². The van der Waals surface area contributed by atoms with Gasteiger partial charge in [-0.25, -0.2) is 0 Å². The summed E-state index contributed by atoms with van der Waals surface area (Å²) >= 11 is 0. The maximum atomic E-state index is 12.7. The lowest BCUT2D eigenvalue weighted by molar-refractivity contribution is -0.114. The number of aryl methyl sites for hydroxylation is 1. The van der Waals surface area contributed by atoms with Crippen LogP contribution in [0, 0.1) is 11.8 Å². The number of hydrogen-bond donors (Lipinski definition) is 2. The fourth-order valence-electron chi connectivity index (χ4n) is 5.37. The van der Waals surface area contributed by atoms with Crippen molar-refractivity contribution in [3.63, 3.8) is 0 Å². The van der Waals surface area contributed by atoms with Crippen molar-refractivity contribution in [3.8, 4) is 28.4 Å². The van der Waals surface area contributed by atoms with Gasteiger partial charge in [0.05, 0.1) is 18.5 Å². The van der Waals surface area contributed by atoms with Crippen molar-refractivity contribution in [1.82, 2.24) is 0 Å². The molecule has 0 radical (unpaired) electrons. The summed E-state index contributed by atoms with van der Waals surface area (Å²) in [4.78, 5) is 17.1. The molecule has 1 aliphatic heterocycles. The number of carbonyl (C=O) groups is 1. The highest BCUT2D eigenvalue weighted by molar-refractivity contribution is 5.89. The molecule has 3 aromatic carbocycles. The number of benzene rings is 3. The topological polar surface area (TPSA) is 79.1 Å². The number of phenolic OH excluding ortho intramolecular Hbond substituents is 2. The van der Waals surface area contributed by atoms with E-state index in [0.717, 1.165) is 45.7 Å². The first-order chi connectivity index (χ1) is 20.3. The van der Waals surface area contributed by atoms with Gasteiger partial charge in [0.2, 0.25) is 0 Å². The number of phenols is 2. The van der Waals surface area contributed by atoms with E-state index in [1.165, 1.54) is 19.3 Å². The minimum atomic E-state index is 0.0812. The van der Waals surface area contributed by atoms with E-state index in [4.69, 9.17) is 4.74 Å². The maximum absolute atomic E-state index is 12.7. The summed E-state index contributed by atoms with van der Waals surface area (Å²) in [6.45, 7) is 7.76. The average Bonchev–Trinajstić information content (AvgIpc) is 3.45. The molecule has 1 heterocycles. The Hall–Kier alpha value is -3.86. The van der Waals surface area contributed by atoms with Crippen LogP contribution in [0.4, 0.5) is 0 Å². The Morgan fingerprint density at radius 3 is 2.67 bits per heavy atom. The summed E-state index contributed by atoms with van der Waals surface area (Å²) < 4.78 is 6.01. The van der Waals surface area contributed by atoms with Gasteiger partial charge in [0.15, 0.2) is 17.3 Å². The van der Waals surface area contributed by atoms with Crippen LogP contribution in [0.15, 0.2) is 71.7 Å². The first-order valence-corrected chi connectivity index (χ1v) is 15.4. The number of allylic oxidation sites excluding steroid dienone is 2. The van der Waals surface area contributed by atoms with Gasteiger partial charge in [-0.2, -0.15) is 0 Å². The molecule has 5 nitrogen and oxygen atoms in total. The van der Waals surface area contributed by atoms with E-state index in [0.29, 0.717) is 50.0 Å². The highest BCUT2D eigenvalue weighted by atomic mass is 16.5. The van der Waals surface area contributed by atoms with Gasteiger partial charge in [-0.1, -0.05) is 70.4 Å². The van der Waals surface area contributed by atoms with E-state index >= 15 is 0 Å². The molecule has 4 rings (SSSR count). The lowest BCUT2D eigenvalue weighted by Crippen LogP contribution is -2.20. The van der Waals surface area contributed by atoms with E-state index in [9.17, 15) is 15.0 Å². The molecule has 0 bridgehead atoms. The minimum absolute atomic E-state index is 0.0812. The molecule has 1 atom stereocenters. The van der Waals surface area contributed by atoms with E-state index < -0.39 is 0 Å². The zero-order valence-electron chi connectivity index (χ0n) is 25.3. The fraction of sp³-hybridized carbons (Fsp3) is 0.405. The summed E-state index contributed by atoms with van der Waals surface area (Å²) in [5, 5.41) is 22.7. The van der Waals surface area contributed by atoms with Crippen LogP contribution in [0.2, 0.25) is 0 Å². The summed E-state index contributed by atoms with van der Waals surface area (Å²) in [6, 6.07) is 16.8. The van der Waals surface area contributed by atoms with Gasteiger partial charge in [0, 0.05) is 12.8 Å². The first kappa shape index (κ1) is 31.1. The molecule has 3 aromatic rings. The predicted molar refractivity (Wildman–Crippen MR) is 171 cm³/mol. The van der Waals surface area contributed by atoms with Crippen LogP contribution in [0.3, 0.4) is 0 Å². The van der Waals surface area contributed by atoms with Gasteiger partial charge in [0.25, 0.3) is 0 Å². The van der Waals surface area contributed by atoms with Crippen molar-refractivity contribution in [2.45, 2.75) is 72.1 Å². The van der Waals surface area contributed by atoms with E-state index in [1.54, 1.807) is 24.3 Å². The van der Waals surface area contributed by atoms with Gasteiger partial charge in [0.1, 0.15) is 5.75 Å². The highest BCUT2D eigenvalue weighted by Gasteiger charge is 2.11. The molecule has 222 valence electrons. The number of ether oxygens (including phenoxy) is 1. The van der Waals surface area contributed by atoms with Crippen molar-refractivity contribution < 1.29 is 19.7 Å².